The molecule has 0 radical (unpaired) electrons. The first-order valence-corrected chi connectivity index (χ1v) is 13.5. The molecule has 5 atom stereocenters. The normalized spacial score (nSPS) is 35.4. The van der Waals surface area contributed by atoms with Crippen LogP contribution in [0.5, 0.6) is 11.5 Å². The van der Waals surface area contributed by atoms with Crippen molar-refractivity contribution in [2.24, 2.45) is 5.92 Å². The van der Waals surface area contributed by atoms with Crippen molar-refractivity contribution < 1.29 is 19.7 Å². The van der Waals surface area contributed by atoms with E-state index in [9.17, 15) is 15.0 Å². The molecule has 2 aliphatic heterocycles. The fraction of sp³-hybridized carbons (Fsp3) is 0.519. The molecule has 7 heteroatoms. The van der Waals surface area contributed by atoms with Crippen LogP contribution in [-0.2, 0) is 11.8 Å². The monoisotopic (exact) mass is 572 g/mol. The Bertz CT molecular complexity index is 1180. The summed E-state index contributed by atoms with van der Waals surface area (Å²) in [5.41, 5.74) is 1.26. The molecule has 2 aromatic carbocycles. The van der Waals surface area contributed by atoms with Gasteiger partial charge >= 0.3 is 0 Å². The van der Waals surface area contributed by atoms with Crippen LogP contribution >= 0.6 is 22.6 Å². The van der Waals surface area contributed by atoms with Gasteiger partial charge in [0.05, 0.1) is 17.1 Å². The number of ether oxygens (including phenoxy) is 1. The van der Waals surface area contributed by atoms with Gasteiger partial charge in [-0.3, -0.25) is 9.69 Å². The van der Waals surface area contributed by atoms with Gasteiger partial charge in [-0.15, -0.1) is 0 Å². The molecule has 3 fully saturated rings. The molecular formula is C27H29IN2O4. The molecule has 1 amide bonds. The fourth-order valence-corrected chi connectivity index (χ4v) is 7.84. The number of carbonyl (C=O) groups excluding carboxylic acids is 1. The number of nitrogens with one attached hydrogen (secondary N) is 1. The lowest BCUT2D eigenvalue weighted by Gasteiger charge is -2.64. The summed E-state index contributed by atoms with van der Waals surface area (Å²) in [4.78, 5) is 15.7. The maximum Gasteiger partial charge on any atom is 0.251 e. The number of aliphatic hydroxyl groups is 1. The third kappa shape index (κ3) is 2.83. The predicted molar refractivity (Wildman–Crippen MR) is 135 cm³/mol. The summed E-state index contributed by atoms with van der Waals surface area (Å²) < 4.78 is 7.61. The molecule has 5 aliphatic rings. The Kier molecular flexibility index (Phi) is 4.63. The van der Waals surface area contributed by atoms with E-state index >= 15 is 0 Å². The minimum Gasteiger partial charge on any atom is -0.504 e. The molecule has 178 valence electrons. The maximum absolute atomic E-state index is 13.2. The van der Waals surface area contributed by atoms with E-state index in [1.807, 2.05) is 30.3 Å². The number of rotatable bonds is 4. The van der Waals surface area contributed by atoms with Crippen molar-refractivity contribution in [3.05, 3.63) is 56.7 Å². The number of carbonyl (C=O) groups is 1. The molecule has 2 bridgehead atoms. The molecule has 1 spiro atoms. The van der Waals surface area contributed by atoms with Gasteiger partial charge in [-0.1, -0.05) is 6.07 Å². The third-order valence-corrected chi connectivity index (χ3v) is 9.90. The quantitative estimate of drug-likeness (QED) is 0.490. The number of hydrogen-bond donors (Lipinski definition) is 3. The number of amides is 1. The van der Waals surface area contributed by atoms with Gasteiger partial charge in [-0.25, -0.2) is 0 Å². The first-order valence-electron chi connectivity index (χ1n) is 12.5. The van der Waals surface area contributed by atoms with Crippen LogP contribution in [0.3, 0.4) is 0 Å². The van der Waals surface area contributed by atoms with Gasteiger partial charge in [0.15, 0.2) is 11.5 Å². The van der Waals surface area contributed by atoms with Crippen molar-refractivity contribution in [3.8, 4) is 11.5 Å². The lowest BCUT2D eigenvalue weighted by Crippen LogP contribution is -2.78. The Morgan fingerprint density at radius 2 is 1.94 bits per heavy atom. The molecule has 2 aromatic rings. The first kappa shape index (κ1) is 21.4. The Hall–Kier alpha value is -1.84. The largest absolute Gasteiger partial charge is 0.504 e. The number of piperidine rings is 1. The zero-order valence-corrected chi connectivity index (χ0v) is 21.1. The van der Waals surface area contributed by atoms with Crippen LogP contribution in [-0.4, -0.2) is 57.9 Å². The summed E-state index contributed by atoms with van der Waals surface area (Å²) in [6.07, 6.45) is 5.01. The zero-order valence-electron chi connectivity index (χ0n) is 19.0. The molecule has 2 saturated carbocycles. The van der Waals surface area contributed by atoms with Gasteiger partial charge in [0, 0.05) is 27.3 Å². The zero-order chi connectivity index (χ0) is 23.2. The van der Waals surface area contributed by atoms with Crippen molar-refractivity contribution in [1.29, 1.82) is 0 Å². The highest BCUT2D eigenvalue weighted by Crippen LogP contribution is 2.65. The van der Waals surface area contributed by atoms with Crippen LogP contribution in [0.2, 0.25) is 0 Å². The van der Waals surface area contributed by atoms with E-state index in [2.05, 4.69) is 32.8 Å². The number of nitrogens with zero attached hydrogens (tertiary/aromatic N) is 1. The number of phenolic OH excluding ortho intramolecular Hbond substituents is 1. The topological polar surface area (TPSA) is 82.0 Å². The van der Waals surface area contributed by atoms with Crippen molar-refractivity contribution >= 4 is 28.5 Å². The number of phenols is 1. The van der Waals surface area contributed by atoms with Gasteiger partial charge in [0.25, 0.3) is 5.91 Å². The van der Waals surface area contributed by atoms with Crippen LogP contribution in [0.15, 0.2) is 36.4 Å². The second kappa shape index (κ2) is 7.34. The lowest BCUT2D eigenvalue weighted by molar-refractivity contribution is -0.191. The standard InChI is InChI=1S/C27H29IN2O4/c28-18-6-3-16(4-7-18)25(32)29-19-9-10-27(33)21-13-17-5-8-20(31)23-22(17)26(27,24(19)34-23)11-12-30(21)14-15-1-2-15/h3-8,15,19,21,24,31,33H,1-2,9-14H2,(H,29,32). The van der Waals surface area contributed by atoms with Crippen molar-refractivity contribution in [2.75, 3.05) is 13.1 Å². The summed E-state index contributed by atoms with van der Waals surface area (Å²) in [5, 5.41) is 26.5. The summed E-state index contributed by atoms with van der Waals surface area (Å²) in [5.74, 6) is 1.29. The lowest BCUT2D eigenvalue weighted by atomic mass is 9.48. The Labute approximate surface area is 212 Å². The SMILES string of the molecule is O=C(NC1CCC2(O)C3Cc4ccc(O)c5c4C2(CCN3CC2CC2)C1O5)c1ccc(I)cc1. The van der Waals surface area contributed by atoms with Crippen LogP contribution in [0.4, 0.5) is 0 Å². The van der Waals surface area contributed by atoms with Crippen LogP contribution < -0.4 is 10.1 Å². The second-order valence-electron chi connectivity index (χ2n) is 10.9. The molecule has 3 aliphatic carbocycles. The fourth-order valence-electron chi connectivity index (χ4n) is 7.48. The molecule has 34 heavy (non-hydrogen) atoms. The number of aromatic hydroxyl groups is 1. The predicted octanol–water partition coefficient (Wildman–Crippen LogP) is 3.36. The van der Waals surface area contributed by atoms with E-state index in [1.54, 1.807) is 6.07 Å². The molecule has 0 aromatic heterocycles. The molecule has 5 unspecified atom stereocenters. The summed E-state index contributed by atoms with van der Waals surface area (Å²) in [7, 11) is 0. The molecule has 3 N–H and O–H groups in total. The molecular weight excluding hydrogens is 543 g/mol. The van der Waals surface area contributed by atoms with Gasteiger partial charge in [0.2, 0.25) is 0 Å². The summed E-state index contributed by atoms with van der Waals surface area (Å²) in [6.45, 7) is 1.97. The molecule has 1 saturated heterocycles. The minimum atomic E-state index is -0.930. The number of halogens is 1. The first-order chi connectivity index (χ1) is 16.4. The van der Waals surface area contributed by atoms with E-state index < -0.39 is 17.1 Å². The van der Waals surface area contributed by atoms with Crippen LogP contribution in [0.25, 0.3) is 0 Å². The average molecular weight is 572 g/mol. The van der Waals surface area contributed by atoms with E-state index in [0.717, 1.165) is 41.0 Å². The van der Waals surface area contributed by atoms with E-state index in [0.29, 0.717) is 24.2 Å². The maximum atomic E-state index is 13.2. The number of benzene rings is 2. The highest BCUT2D eigenvalue weighted by atomic mass is 127. The van der Waals surface area contributed by atoms with Gasteiger partial charge in [-0.05, 0) is 109 Å². The molecule has 2 heterocycles. The van der Waals surface area contributed by atoms with Gasteiger partial charge in [-0.2, -0.15) is 0 Å². The number of hydrogen-bond acceptors (Lipinski definition) is 5. The Balaban J connectivity index is 1.29. The van der Waals surface area contributed by atoms with Crippen LogP contribution in [0.1, 0.15) is 53.6 Å². The highest BCUT2D eigenvalue weighted by Gasteiger charge is 2.73. The second-order valence-corrected chi connectivity index (χ2v) is 12.2. The van der Waals surface area contributed by atoms with Crippen LogP contribution in [0, 0.1) is 9.49 Å². The van der Waals surface area contributed by atoms with E-state index in [4.69, 9.17) is 4.74 Å². The van der Waals surface area contributed by atoms with E-state index in [-0.39, 0.29) is 23.7 Å². The van der Waals surface area contributed by atoms with Gasteiger partial charge < -0.3 is 20.3 Å². The van der Waals surface area contributed by atoms with Crippen molar-refractivity contribution in [3.63, 3.8) is 0 Å². The Morgan fingerprint density at radius 1 is 1.15 bits per heavy atom. The summed E-state index contributed by atoms with van der Waals surface area (Å²) in [6, 6.07) is 11.1. The Morgan fingerprint density at radius 3 is 2.71 bits per heavy atom. The average Bonchev–Trinajstić information content (AvgIpc) is 3.56. The number of likely N-dealkylation sites (tertiary alicyclic amines) is 1. The highest BCUT2D eigenvalue weighted by molar-refractivity contribution is 14.1. The summed E-state index contributed by atoms with van der Waals surface area (Å²) >= 11 is 2.23. The third-order valence-electron chi connectivity index (χ3n) is 9.19. The van der Waals surface area contributed by atoms with Gasteiger partial charge in [0.1, 0.15) is 6.10 Å². The molecule has 7 rings (SSSR count). The van der Waals surface area contributed by atoms with Crippen molar-refractivity contribution in [2.45, 2.75) is 67.7 Å². The minimum absolute atomic E-state index is 0.0452. The van der Waals surface area contributed by atoms with Crippen molar-refractivity contribution in [1.82, 2.24) is 10.2 Å². The molecule has 6 nitrogen and oxygen atoms in total. The van der Waals surface area contributed by atoms with E-state index in [1.165, 1.54) is 18.4 Å². The smallest absolute Gasteiger partial charge is 0.251 e.